The number of nitrogens with one attached hydrogen (secondary N) is 2. The molecule has 0 aliphatic heterocycles. The van der Waals surface area contributed by atoms with E-state index in [1.54, 1.807) is 0 Å². The van der Waals surface area contributed by atoms with Gasteiger partial charge in [-0.05, 0) is 19.1 Å². The van der Waals surface area contributed by atoms with Gasteiger partial charge in [-0.1, -0.05) is 0 Å². The summed E-state index contributed by atoms with van der Waals surface area (Å²) in [5, 5.41) is 23.5. The van der Waals surface area contributed by atoms with Gasteiger partial charge in [-0.25, -0.2) is 0 Å². The summed E-state index contributed by atoms with van der Waals surface area (Å²) in [6.45, 7) is 0.895. The molecule has 0 saturated heterocycles. The standard InChI is InChI=1S/C12H13N3O6/c1-7(12(18)19)14-10(16)6-13-11(17)8-2-4-9(5-3-8)15(20)21/h2-5,7H,6H2,1H3,(H,13,17)(H,14,16)(H,18,19)/t7-/m0/s1. The van der Waals surface area contributed by atoms with Crippen LogP contribution in [-0.2, 0) is 9.59 Å². The maximum absolute atomic E-state index is 11.7. The van der Waals surface area contributed by atoms with Crippen LogP contribution in [0.4, 0.5) is 5.69 Å². The number of carbonyl (C=O) groups excluding carboxylic acids is 2. The van der Waals surface area contributed by atoms with Crippen LogP contribution in [0.3, 0.4) is 0 Å². The highest BCUT2D eigenvalue weighted by atomic mass is 16.6. The number of rotatable bonds is 6. The summed E-state index contributed by atoms with van der Waals surface area (Å²) in [6, 6.07) is 3.79. The second-order valence-corrected chi connectivity index (χ2v) is 4.11. The van der Waals surface area contributed by atoms with Gasteiger partial charge in [0.2, 0.25) is 5.91 Å². The van der Waals surface area contributed by atoms with Crippen LogP contribution in [0.1, 0.15) is 17.3 Å². The minimum absolute atomic E-state index is 0.152. The number of nitro benzene ring substituents is 1. The lowest BCUT2D eigenvalue weighted by Crippen LogP contribution is -2.43. The molecule has 0 aliphatic rings. The average Bonchev–Trinajstić information content (AvgIpc) is 2.44. The second-order valence-electron chi connectivity index (χ2n) is 4.11. The van der Waals surface area contributed by atoms with E-state index in [1.165, 1.54) is 31.2 Å². The number of aliphatic carboxylic acids is 1. The summed E-state index contributed by atoms with van der Waals surface area (Å²) in [5.41, 5.74) is -0.000686. The van der Waals surface area contributed by atoms with E-state index in [0.29, 0.717) is 0 Å². The van der Waals surface area contributed by atoms with Gasteiger partial charge in [0.15, 0.2) is 0 Å². The van der Waals surface area contributed by atoms with Crippen LogP contribution in [0.15, 0.2) is 24.3 Å². The molecule has 0 aromatic heterocycles. The number of nitro groups is 1. The van der Waals surface area contributed by atoms with Crippen molar-refractivity contribution in [3.8, 4) is 0 Å². The molecule has 1 aromatic rings. The summed E-state index contributed by atoms with van der Waals surface area (Å²) in [5.74, 6) is -2.44. The number of nitrogens with zero attached hydrogens (tertiary/aromatic N) is 1. The second kappa shape index (κ2) is 6.98. The number of non-ortho nitro benzene ring substituents is 1. The van der Waals surface area contributed by atoms with E-state index < -0.39 is 35.3 Å². The van der Waals surface area contributed by atoms with Gasteiger partial charge in [0.05, 0.1) is 11.5 Å². The average molecular weight is 295 g/mol. The van der Waals surface area contributed by atoms with Gasteiger partial charge in [-0.3, -0.25) is 24.5 Å². The zero-order valence-corrected chi connectivity index (χ0v) is 11.0. The number of amides is 2. The Labute approximate surface area is 119 Å². The van der Waals surface area contributed by atoms with Crippen LogP contribution in [0.2, 0.25) is 0 Å². The number of carbonyl (C=O) groups is 3. The summed E-state index contributed by atoms with van der Waals surface area (Å²) >= 11 is 0. The molecule has 0 heterocycles. The highest BCUT2D eigenvalue weighted by Gasteiger charge is 2.15. The molecule has 0 spiro atoms. The van der Waals surface area contributed by atoms with Crippen molar-refractivity contribution >= 4 is 23.5 Å². The molecule has 21 heavy (non-hydrogen) atoms. The molecule has 0 aliphatic carbocycles. The highest BCUT2D eigenvalue weighted by Crippen LogP contribution is 2.11. The molecular weight excluding hydrogens is 282 g/mol. The first-order valence-electron chi connectivity index (χ1n) is 5.86. The molecule has 1 atom stereocenters. The number of hydrogen-bond donors (Lipinski definition) is 3. The first-order valence-corrected chi connectivity index (χ1v) is 5.86. The van der Waals surface area contributed by atoms with Gasteiger partial charge in [-0.15, -0.1) is 0 Å². The Bertz CT molecular complexity index is 569. The molecule has 3 N–H and O–H groups in total. The lowest BCUT2D eigenvalue weighted by atomic mass is 10.2. The van der Waals surface area contributed by atoms with E-state index in [2.05, 4.69) is 10.6 Å². The van der Waals surface area contributed by atoms with E-state index in [4.69, 9.17) is 5.11 Å². The molecule has 1 aromatic carbocycles. The molecule has 0 radical (unpaired) electrons. The molecule has 112 valence electrons. The first-order chi connectivity index (χ1) is 9.81. The van der Waals surface area contributed by atoms with Crippen LogP contribution < -0.4 is 10.6 Å². The summed E-state index contributed by atoms with van der Waals surface area (Å²) in [7, 11) is 0. The highest BCUT2D eigenvalue weighted by molar-refractivity contribution is 5.97. The number of carboxylic acids is 1. The van der Waals surface area contributed by atoms with Gasteiger partial charge in [-0.2, -0.15) is 0 Å². The van der Waals surface area contributed by atoms with Crippen LogP contribution in [0.5, 0.6) is 0 Å². The van der Waals surface area contributed by atoms with E-state index in [0.717, 1.165) is 0 Å². The maximum atomic E-state index is 11.7. The minimum atomic E-state index is -1.19. The van der Waals surface area contributed by atoms with Gasteiger partial charge in [0.1, 0.15) is 6.04 Å². The molecule has 2 amide bonds. The van der Waals surface area contributed by atoms with Crippen molar-refractivity contribution in [3.05, 3.63) is 39.9 Å². The van der Waals surface area contributed by atoms with Gasteiger partial charge >= 0.3 is 5.97 Å². The van der Waals surface area contributed by atoms with Crippen molar-refractivity contribution in [3.63, 3.8) is 0 Å². The molecule has 9 nitrogen and oxygen atoms in total. The summed E-state index contributed by atoms with van der Waals surface area (Å²) < 4.78 is 0. The van der Waals surface area contributed by atoms with E-state index in [9.17, 15) is 24.5 Å². The van der Waals surface area contributed by atoms with Gasteiger partial charge in [0.25, 0.3) is 11.6 Å². The summed E-state index contributed by atoms with van der Waals surface area (Å²) in [4.78, 5) is 43.4. The fraction of sp³-hybridized carbons (Fsp3) is 0.250. The molecule has 9 heteroatoms. The number of carboxylic acid groups (broad SMARTS) is 1. The number of hydrogen-bond acceptors (Lipinski definition) is 5. The quantitative estimate of drug-likeness (QED) is 0.495. The smallest absolute Gasteiger partial charge is 0.325 e. The molecule has 0 fully saturated rings. The molecular formula is C12H13N3O6. The lowest BCUT2D eigenvalue weighted by Gasteiger charge is -2.09. The van der Waals surface area contributed by atoms with Crippen LogP contribution >= 0.6 is 0 Å². The fourth-order valence-corrected chi connectivity index (χ4v) is 1.35. The predicted octanol–water partition coefficient (Wildman–Crippen LogP) is -0.0861. The molecule has 1 rings (SSSR count). The van der Waals surface area contributed by atoms with E-state index in [1.807, 2.05) is 0 Å². The van der Waals surface area contributed by atoms with Crippen molar-refractivity contribution in [2.75, 3.05) is 6.54 Å². The lowest BCUT2D eigenvalue weighted by molar-refractivity contribution is -0.384. The maximum Gasteiger partial charge on any atom is 0.325 e. The van der Waals surface area contributed by atoms with Crippen molar-refractivity contribution < 1.29 is 24.4 Å². The number of benzene rings is 1. The van der Waals surface area contributed by atoms with Crippen LogP contribution in [-0.4, -0.2) is 40.4 Å². The molecule has 0 unspecified atom stereocenters. The Balaban J connectivity index is 2.52. The Morgan fingerprint density at radius 3 is 2.33 bits per heavy atom. The Hall–Kier alpha value is -2.97. The normalized spacial score (nSPS) is 11.3. The third kappa shape index (κ3) is 4.90. The van der Waals surface area contributed by atoms with Gasteiger partial charge < -0.3 is 15.7 Å². The zero-order valence-electron chi connectivity index (χ0n) is 11.0. The van der Waals surface area contributed by atoms with Crippen LogP contribution in [0, 0.1) is 10.1 Å². The fourth-order valence-electron chi connectivity index (χ4n) is 1.35. The van der Waals surface area contributed by atoms with Crippen molar-refractivity contribution in [2.24, 2.45) is 0 Å². The van der Waals surface area contributed by atoms with Crippen molar-refractivity contribution in [2.45, 2.75) is 13.0 Å². The largest absolute Gasteiger partial charge is 0.480 e. The van der Waals surface area contributed by atoms with E-state index in [-0.39, 0.29) is 11.3 Å². The zero-order chi connectivity index (χ0) is 16.0. The molecule has 0 saturated carbocycles. The Kier molecular flexibility index (Phi) is 5.35. The third-order valence-electron chi connectivity index (χ3n) is 2.50. The van der Waals surface area contributed by atoms with Crippen molar-refractivity contribution in [1.82, 2.24) is 10.6 Å². The predicted molar refractivity (Wildman–Crippen MR) is 70.7 cm³/mol. The first kappa shape index (κ1) is 16.1. The SMILES string of the molecule is C[C@H](NC(=O)CNC(=O)c1ccc([N+](=O)[O-])cc1)C(=O)O. The monoisotopic (exact) mass is 295 g/mol. The van der Waals surface area contributed by atoms with E-state index >= 15 is 0 Å². The Morgan fingerprint density at radius 1 is 1.29 bits per heavy atom. The van der Waals surface area contributed by atoms with Gasteiger partial charge in [0, 0.05) is 17.7 Å². The molecule has 0 bridgehead atoms. The Morgan fingerprint density at radius 2 is 1.86 bits per heavy atom. The van der Waals surface area contributed by atoms with Crippen LogP contribution in [0.25, 0.3) is 0 Å². The topological polar surface area (TPSA) is 139 Å². The third-order valence-corrected chi connectivity index (χ3v) is 2.50. The van der Waals surface area contributed by atoms with Crippen molar-refractivity contribution in [1.29, 1.82) is 0 Å². The summed E-state index contributed by atoms with van der Waals surface area (Å²) in [6.07, 6.45) is 0. The minimum Gasteiger partial charge on any atom is -0.480 e.